The highest BCUT2D eigenvalue weighted by atomic mass is 32.1. The molecule has 3 aromatic rings. The lowest BCUT2D eigenvalue weighted by Gasteiger charge is -2.13. The molecular weight excluding hydrogens is 324 g/mol. The molecule has 0 bridgehead atoms. The van der Waals surface area contributed by atoms with E-state index < -0.39 is 0 Å². The molecule has 0 unspecified atom stereocenters. The van der Waals surface area contributed by atoms with E-state index in [4.69, 9.17) is 9.47 Å². The molecule has 126 valence electrons. The fourth-order valence-corrected chi connectivity index (χ4v) is 3.75. The van der Waals surface area contributed by atoms with Crippen LogP contribution >= 0.6 is 11.3 Å². The lowest BCUT2D eigenvalue weighted by molar-refractivity contribution is 0.354. The van der Waals surface area contributed by atoms with E-state index in [2.05, 4.69) is 4.98 Å². The third-order valence-electron chi connectivity index (χ3n) is 4.34. The van der Waals surface area contributed by atoms with Crippen LogP contribution in [-0.2, 0) is 6.54 Å². The first-order valence-electron chi connectivity index (χ1n) is 7.63. The summed E-state index contributed by atoms with van der Waals surface area (Å²) in [6, 6.07) is 3.84. The molecule has 0 radical (unpaired) electrons. The van der Waals surface area contributed by atoms with Gasteiger partial charge in [-0.25, -0.2) is 4.98 Å². The molecule has 0 aliphatic heterocycles. The van der Waals surface area contributed by atoms with E-state index in [-0.39, 0.29) is 5.56 Å². The van der Waals surface area contributed by atoms with E-state index in [9.17, 15) is 4.79 Å². The van der Waals surface area contributed by atoms with Gasteiger partial charge in [0, 0.05) is 4.88 Å². The fourth-order valence-electron chi connectivity index (χ4n) is 2.76. The third-order valence-corrected chi connectivity index (χ3v) is 5.45. The molecule has 0 amide bonds. The Morgan fingerprint density at radius 1 is 1.12 bits per heavy atom. The van der Waals surface area contributed by atoms with Gasteiger partial charge < -0.3 is 9.47 Å². The van der Waals surface area contributed by atoms with Gasteiger partial charge in [0.25, 0.3) is 5.56 Å². The van der Waals surface area contributed by atoms with Gasteiger partial charge in [-0.15, -0.1) is 11.3 Å². The molecule has 0 spiro atoms. The highest BCUT2D eigenvalue weighted by molar-refractivity contribution is 7.18. The number of hydrogen-bond acceptors (Lipinski definition) is 5. The number of benzene rings is 1. The Morgan fingerprint density at radius 3 is 2.46 bits per heavy atom. The number of nitrogens with zero attached hydrogens (tertiary/aromatic N) is 2. The van der Waals surface area contributed by atoms with Crippen LogP contribution in [0.25, 0.3) is 10.2 Å². The van der Waals surface area contributed by atoms with Gasteiger partial charge in [-0.05, 0) is 49.6 Å². The molecule has 0 N–H and O–H groups in total. The molecule has 0 aliphatic carbocycles. The number of rotatable bonds is 4. The van der Waals surface area contributed by atoms with Crippen molar-refractivity contribution in [3.8, 4) is 11.5 Å². The summed E-state index contributed by atoms with van der Waals surface area (Å²) in [7, 11) is 3.22. The van der Waals surface area contributed by atoms with Crippen LogP contribution in [0.3, 0.4) is 0 Å². The molecule has 3 rings (SSSR count). The number of fused-ring (bicyclic) bond motifs is 1. The Hall–Kier alpha value is -2.34. The van der Waals surface area contributed by atoms with Gasteiger partial charge in [0.05, 0.1) is 32.5 Å². The van der Waals surface area contributed by atoms with Crippen molar-refractivity contribution in [2.45, 2.75) is 27.3 Å². The van der Waals surface area contributed by atoms with Crippen LogP contribution in [0, 0.1) is 20.8 Å². The summed E-state index contributed by atoms with van der Waals surface area (Å²) in [6.07, 6.45) is 1.62. The lowest BCUT2D eigenvalue weighted by Crippen LogP contribution is -2.21. The molecule has 0 atom stereocenters. The number of aryl methyl sites for hydroxylation is 3. The Kier molecular flexibility index (Phi) is 4.32. The minimum Gasteiger partial charge on any atom is -0.493 e. The van der Waals surface area contributed by atoms with Crippen LogP contribution in [0.1, 0.15) is 21.6 Å². The molecule has 2 aromatic heterocycles. The molecule has 0 saturated carbocycles. The van der Waals surface area contributed by atoms with Crippen molar-refractivity contribution in [2.24, 2.45) is 0 Å². The molecule has 0 fully saturated rings. The summed E-state index contributed by atoms with van der Waals surface area (Å²) >= 11 is 1.56. The lowest BCUT2D eigenvalue weighted by atomic mass is 10.1. The van der Waals surface area contributed by atoms with E-state index in [1.165, 1.54) is 0 Å². The number of methoxy groups -OCH3 is 2. The van der Waals surface area contributed by atoms with Crippen molar-refractivity contribution in [1.82, 2.24) is 9.55 Å². The summed E-state index contributed by atoms with van der Waals surface area (Å²) in [6.45, 7) is 6.43. The first kappa shape index (κ1) is 16.5. The number of thiophene rings is 1. The highest BCUT2D eigenvalue weighted by Gasteiger charge is 2.14. The first-order valence-corrected chi connectivity index (χ1v) is 8.44. The van der Waals surface area contributed by atoms with Gasteiger partial charge >= 0.3 is 0 Å². The largest absolute Gasteiger partial charge is 0.493 e. The summed E-state index contributed by atoms with van der Waals surface area (Å²) in [5, 5.41) is 0.720. The third kappa shape index (κ3) is 2.67. The summed E-state index contributed by atoms with van der Waals surface area (Å²) < 4.78 is 12.3. The van der Waals surface area contributed by atoms with Crippen LogP contribution in [0.4, 0.5) is 0 Å². The van der Waals surface area contributed by atoms with Gasteiger partial charge in [-0.3, -0.25) is 9.36 Å². The fraction of sp³-hybridized carbons (Fsp3) is 0.333. The zero-order valence-electron chi connectivity index (χ0n) is 14.5. The Balaban J connectivity index is 2.09. The van der Waals surface area contributed by atoms with Crippen molar-refractivity contribution >= 4 is 21.6 Å². The molecule has 1 aromatic carbocycles. The van der Waals surface area contributed by atoms with Crippen LogP contribution in [0.5, 0.6) is 11.5 Å². The molecule has 0 saturated heterocycles. The second kappa shape index (κ2) is 6.28. The molecule has 24 heavy (non-hydrogen) atoms. The number of aromatic nitrogens is 2. The van der Waals surface area contributed by atoms with Crippen LogP contribution in [0.2, 0.25) is 0 Å². The minimum absolute atomic E-state index is 0.00367. The van der Waals surface area contributed by atoms with Crippen molar-refractivity contribution in [1.29, 1.82) is 0 Å². The Bertz CT molecular complexity index is 973. The van der Waals surface area contributed by atoms with Crippen LogP contribution in [0.15, 0.2) is 23.3 Å². The van der Waals surface area contributed by atoms with Gasteiger partial charge in [-0.1, -0.05) is 0 Å². The van der Waals surface area contributed by atoms with Gasteiger partial charge in [0.1, 0.15) is 4.83 Å². The maximum atomic E-state index is 12.8. The monoisotopic (exact) mass is 344 g/mol. The van der Waals surface area contributed by atoms with E-state index >= 15 is 0 Å². The minimum atomic E-state index is -0.00367. The Labute approximate surface area is 144 Å². The predicted octanol–water partition coefficient (Wildman–Crippen LogP) is 3.45. The van der Waals surface area contributed by atoms with E-state index in [1.54, 1.807) is 36.5 Å². The molecular formula is C18H20N2O3S. The number of hydrogen-bond donors (Lipinski definition) is 0. The SMILES string of the molecule is COc1cc(C)c(Cn2cnc3sc(C)c(C)c3c2=O)cc1OC. The summed E-state index contributed by atoms with van der Waals surface area (Å²) in [4.78, 5) is 19.2. The first-order chi connectivity index (χ1) is 11.5. The van der Waals surface area contributed by atoms with Gasteiger partial charge in [0.15, 0.2) is 11.5 Å². The van der Waals surface area contributed by atoms with Gasteiger partial charge in [-0.2, -0.15) is 0 Å². The summed E-state index contributed by atoms with van der Waals surface area (Å²) in [5.41, 5.74) is 3.06. The second-order valence-electron chi connectivity index (χ2n) is 5.77. The maximum Gasteiger partial charge on any atom is 0.262 e. The second-order valence-corrected chi connectivity index (χ2v) is 6.98. The standard InChI is InChI=1S/C18H20N2O3S/c1-10-6-14(22-4)15(23-5)7-13(10)8-20-9-19-17-16(18(20)21)11(2)12(3)24-17/h6-7,9H,8H2,1-5H3. The smallest absolute Gasteiger partial charge is 0.262 e. The average molecular weight is 344 g/mol. The summed E-state index contributed by atoms with van der Waals surface area (Å²) in [5.74, 6) is 1.34. The normalized spacial score (nSPS) is 11.0. The zero-order valence-corrected chi connectivity index (χ0v) is 15.3. The zero-order chi connectivity index (χ0) is 17.4. The maximum absolute atomic E-state index is 12.8. The topological polar surface area (TPSA) is 53.4 Å². The Morgan fingerprint density at radius 2 is 1.79 bits per heavy atom. The van der Waals surface area contributed by atoms with Crippen molar-refractivity contribution in [2.75, 3.05) is 14.2 Å². The van der Waals surface area contributed by atoms with Crippen molar-refractivity contribution < 1.29 is 9.47 Å². The predicted molar refractivity (Wildman–Crippen MR) is 96.7 cm³/mol. The molecule has 5 nitrogen and oxygen atoms in total. The molecule has 6 heteroatoms. The van der Waals surface area contributed by atoms with Crippen LogP contribution < -0.4 is 15.0 Å². The number of ether oxygens (including phenoxy) is 2. The van der Waals surface area contributed by atoms with E-state index in [1.807, 2.05) is 32.9 Å². The van der Waals surface area contributed by atoms with E-state index in [0.29, 0.717) is 18.0 Å². The molecule has 0 aliphatic rings. The van der Waals surface area contributed by atoms with Gasteiger partial charge in [0.2, 0.25) is 0 Å². The highest BCUT2D eigenvalue weighted by Crippen LogP contribution is 2.31. The van der Waals surface area contributed by atoms with Crippen molar-refractivity contribution in [3.05, 3.63) is 50.4 Å². The quantitative estimate of drug-likeness (QED) is 0.727. The molecule has 2 heterocycles. The average Bonchev–Trinajstić information content (AvgIpc) is 2.86. The van der Waals surface area contributed by atoms with Crippen LogP contribution in [-0.4, -0.2) is 23.8 Å². The van der Waals surface area contributed by atoms with E-state index in [0.717, 1.165) is 31.8 Å². The van der Waals surface area contributed by atoms with Crippen molar-refractivity contribution in [3.63, 3.8) is 0 Å².